The molecule has 1 atom stereocenters. The van der Waals surface area contributed by atoms with E-state index in [-0.39, 0.29) is 18.4 Å². The van der Waals surface area contributed by atoms with Crippen molar-refractivity contribution in [3.63, 3.8) is 0 Å². The van der Waals surface area contributed by atoms with Gasteiger partial charge in [0.25, 0.3) is 5.96 Å². The number of hydrogen-bond acceptors (Lipinski definition) is 5. The van der Waals surface area contributed by atoms with Gasteiger partial charge in [-0.25, -0.2) is 15.1 Å². The van der Waals surface area contributed by atoms with Crippen LogP contribution in [0.2, 0.25) is 0 Å². The largest absolute Gasteiger partial charge is 0.365 e. The molecule has 0 aromatic heterocycles. The SMILES string of the molecule is CCCCCC(=O)NC(C=O)CCCN=C(N)N[N+](=O)[O-]. The average molecular weight is 301 g/mol. The smallest absolute Gasteiger partial charge is 0.251 e. The number of nitro groups is 1. The van der Waals surface area contributed by atoms with Gasteiger partial charge in [-0.3, -0.25) is 4.79 Å². The molecule has 9 nitrogen and oxygen atoms in total. The van der Waals surface area contributed by atoms with E-state index >= 15 is 0 Å². The topological polar surface area (TPSA) is 140 Å². The fourth-order valence-corrected chi connectivity index (χ4v) is 1.63. The first-order chi connectivity index (χ1) is 9.99. The molecule has 120 valence electrons. The van der Waals surface area contributed by atoms with Crippen molar-refractivity contribution in [2.45, 2.75) is 51.5 Å². The Kier molecular flexibility index (Phi) is 10.4. The number of aldehydes is 1. The maximum atomic E-state index is 11.5. The zero-order valence-corrected chi connectivity index (χ0v) is 12.2. The number of carbonyl (C=O) groups is 2. The second-order valence-corrected chi connectivity index (χ2v) is 4.55. The molecule has 0 heterocycles. The van der Waals surface area contributed by atoms with E-state index in [4.69, 9.17) is 5.73 Å². The van der Waals surface area contributed by atoms with Gasteiger partial charge in [-0.05, 0) is 19.3 Å². The van der Waals surface area contributed by atoms with Crippen LogP contribution in [0.1, 0.15) is 45.4 Å². The molecular formula is C12H23N5O4. The van der Waals surface area contributed by atoms with Crippen molar-refractivity contribution in [2.75, 3.05) is 6.54 Å². The van der Waals surface area contributed by atoms with Gasteiger partial charge in [0.05, 0.1) is 6.04 Å². The minimum absolute atomic E-state index is 0.140. The molecule has 0 spiro atoms. The zero-order chi connectivity index (χ0) is 16.1. The molecule has 0 rings (SSSR count). The summed E-state index contributed by atoms with van der Waals surface area (Å²) < 4.78 is 0. The maximum absolute atomic E-state index is 11.5. The molecule has 0 aliphatic heterocycles. The Morgan fingerprint density at radius 2 is 2.14 bits per heavy atom. The lowest BCUT2D eigenvalue weighted by Crippen LogP contribution is -2.37. The fraction of sp³-hybridized carbons (Fsp3) is 0.750. The summed E-state index contributed by atoms with van der Waals surface area (Å²) in [7, 11) is 0. The Morgan fingerprint density at radius 3 is 2.71 bits per heavy atom. The van der Waals surface area contributed by atoms with Crippen LogP contribution in [0.3, 0.4) is 0 Å². The van der Waals surface area contributed by atoms with E-state index in [0.29, 0.717) is 25.5 Å². The molecular weight excluding hydrogens is 278 g/mol. The second kappa shape index (κ2) is 11.6. The predicted molar refractivity (Wildman–Crippen MR) is 78.0 cm³/mol. The van der Waals surface area contributed by atoms with Gasteiger partial charge < -0.3 is 15.8 Å². The van der Waals surface area contributed by atoms with Gasteiger partial charge in [0.1, 0.15) is 6.29 Å². The summed E-state index contributed by atoms with van der Waals surface area (Å²) in [6.07, 6.45) is 4.81. The van der Waals surface area contributed by atoms with E-state index in [9.17, 15) is 19.7 Å². The third-order valence-electron chi connectivity index (χ3n) is 2.68. The number of unbranched alkanes of at least 4 members (excludes halogenated alkanes) is 2. The first-order valence-electron chi connectivity index (χ1n) is 6.95. The van der Waals surface area contributed by atoms with Gasteiger partial charge in [0.2, 0.25) is 5.91 Å². The summed E-state index contributed by atoms with van der Waals surface area (Å²) in [5, 5.41) is 11.9. The third kappa shape index (κ3) is 11.3. The number of amides is 1. The van der Waals surface area contributed by atoms with E-state index in [1.807, 2.05) is 6.92 Å². The molecule has 0 aliphatic rings. The van der Waals surface area contributed by atoms with Gasteiger partial charge >= 0.3 is 0 Å². The predicted octanol–water partition coefficient (Wildman–Crippen LogP) is 0.127. The van der Waals surface area contributed by atoms with Crippen LogP contribution < -0.4 is 16.5 Å². The molecule has 0 bridgehead atoms. The summed E-state index contributed by atoms with van der Waals surface area (Å²) in [4.78, 5) is 36.2. The van der Waals surface area contributed by atoms with Crippen molar-refractivity contribution in [1.29, 1.82) is 0 Å². The molecule has 0 aromatic rings. The summed E-state index contributed by atoms with van der Waals surface area (Å²) in [6, 6.07) is -0.556. The van der Waals surface area contributed by atoms with Crippen molar-refractivity contribution in [3.8, 4) is 0 Å². The highest BCUT2D eigenvalue weighted by atomic mass is 16.7. The number of rotatable bonds is 11. The first-order valence-corrected chi connectivity index (χ1v) is 6.95. The van der Waals surface area contributed by atoms with Crippen molar-refractivity contribution >= 4 is 18.2 Å². The summed E-state index contributed by atoms with van der Waals surface area (Å²) in [5.74, 6) is -0.426. The lowest BCUT2D eigenvalue weighted by atomic mass is 10.1. The van der Waals surface area contributed by atoms with Crippen LogP contribution in [0.4, 0.5) is 0 Å². The van der Waals surface area contributed by atoms with Crippen LogP contribution in [-0.4, -0.2) is 35.8 Å². The van der Waals surface area contributed by atoms with E-state index in [1.54, 1.807) is 5.43 Å². The molecule has 1 unspecified atom stereocenters. The van der Waals surface area contributed by atoms with Gasteiger partial charge in [0.15, 0.2) is 5.03 Å². The summed E-state index contributed by atoms with van der Waals surface area (Å²) in [6.45, 7) is 2.29. The van der Waals surface area contributed by atoms with Crippen molar-refractivity contribution in [2.24, 2.45) is 10.7 Å². The highest BCUT2D eigenvalue weighted by Crippen LogP contribution is 2.01. The van der Waals surface area contributed by atoms with E-state index in [2.05, 4.69) is 10.3 Å². The molecule has 0 aromatic carbocycles. The monoisotopic (exact) mass is 301 g/mol. The van der Waals surface area contributed by atoms with Crippen molar-refractivity contribution in [1.82, 2.24) is 10.7 Å². The summed E-state index contributed by atoms with van der Waals surface area (Å²) >= 11 is 0. The number of nitrogens with zero attached hydrogens (tertiary/aromatic N) is 2. The minimum atomic E-state index is -0.802. The van der Waals surface area contributed by atoms with Crippen molar-refractivity contribution in [3.05, 3.63) is 10.1 Å². The molecule has 4 N–H and O–H groups in total. The highest BCUT2D eigenvalue weighted by Gasteiger charge is 2.10. The Morgan fingerprint density at radius 1 is 1.43 bits per heavy atom. The number of nitrogens with one attached hydrogen (secondary N) is 2. The van der Waals surface area contributed by atoms with Crippen LogP contribution in [0.25, 0.3) is 0 Å². The molecule has 1 amide bonds. The van der Waals surface area contributed by atoms with Gasteiger partial charge in [-0.15, -0.1) is 0 Å². The van der Waals surface area contributed by atoms with Crippen LogP contribution in [-0.2, 0) is 9.59 Å². The summed E-state index contributed by atoms with van der Waals surface area (Å²) in [5.41, 5.74) is 6.95. The Balaban J connectivity index is 3.91. The molecule has 0 saturated carbocycles. The van der Waals surface area contributed by atoms with E-state index in [1.165, 1.54) is 0 Å². The van der Waals surface area contributed by atoms with Gasteiger partial charge in [-0.2, -0.15) is 0 Å². The molecule has 9 heteroatoms. The number of hydrogen-bond donors (Lipinski definition) is 3. The number of aliphatic imine (C=N–C) groups is 1. The molecule has 0 fully saturated rings. The molecule has 0 saturated heterocycles. The van der Waals surface area contributed by atoms with Crippen LogP contribution >= 0.6 is 0 Å². The van der Waals surface area contributed by atoms with Crippen molar-refractivity contribution < 1.29 is 14.6 Å². The quantitative estimate of drug-likeness (QED) is 0.124. The average Bonchev–Trinajstić information content (AvgIpc) is 2.41. The van der Waals surface area contributed by atoms with E-state index in [0.717, 1.165) is 19.3 Å². The zero-order valence-electron chi connectivity index (χ0n) is 12.2. The number of nitrogens with two attached hydrogens (primary N) is 1. The Bertz CT molecular complexity index is 373. The van der Waals surface area contributed by atoms with Crippen LogP contribution in [0.5, 0.6) is 0 Å². The van der Waals surface area contributed by atoms with Gasteiger partial charge in [0, 0.05) is 13.0 Å². The maximum Gasteiger partial charge on any atom is 0.251 e. The minimum Gasteiger partial charge on any atom is -0.365 e. The number of carbonyl (C=O) groups excluding carboxylic acids is 2. The first kappa shape index (κ1) is 18.8. The molecule has 0 aliphatic carbocycles. The Labute approximate surface area is 123 Å². The normalized spacial score (nSPS) is 12.5. The highest BCUT2D eigenvalue weighted by molar-refractivity contribution is 5.79. The second-order valence-electron chi connectivity index (χ2n) is 4.55. The third-order valence-corrected chi connectivity index (χ3v) is 2.68. The standard InChI is InChI=1S/C12H23N5O4/c1-2-3-4-7-11(19)15-10(9-18)6-5-8-14-12(13)16-17(20)21/h9-10H,2-8H2,1H3,(H,15,19)(H3,13,14,16). The van der Waals surface area contributed by atoms with Gasteiger partial charge in [-0.1, -0.05) is 25.2 Å². The van der Waals surface area contributed by atoms with Crippen LogP contribution in [0, 0.1) is 10.1 Å². The Hall–Kier alpha value is -2.19. The fourth-order valence-electron chi connectivity index (χ4n) is 1.63. The number of hydrazine groups is 1. The number of guanidine groups is 1. The molecule has 0 radical (unpaired) electrons. The van der Waals surface area contributed by atoms with E-state index < -0.39 is 11.1 Å². The lowest BCUT2D eigenvalue weighted by molar-refractivity contribution is -0.525. The van der Waals surface area contributed by atoms with Crippen LogP contribution in [0.15, 0.2) is 4.99 Å². The lowest BCUT2D eigenvalue weighted by Gasteiger charge is -2.11. The molecule has 21 heavy (non-hydrogen) atoms.